The molecule has 0 aliphatic carbocycles. The van der Waals surface area contributed by atoms with Gasteiger partial charge in [-0.2, -0.15) is 0 Å². The van der Waals surface area contributed by atoms with Crippen LogP contribution < -0.4 is 0 Å². The Kier molecular flexibility index (Phi) is 4.54. The fourth-order valence-electron chi connectivity index (χ4n) is 2.18. The maximum Gasteiger partial charge on any atom is 0.127 e. The number of benzene rings is 1. The molecule has 0 aromatic heterocycles. The Labute approximate surface area is 109 Å². The average molecular weight is 303 g/mol. The quantitative estimate of drug-likeness (QED) is 0.930. The Morgan fingerprint density at radius 2 is 2.12 bits per heavy atom. The molecule has 4 heteroatoms. The molecule has 1 aliphatic heterocycles. The SMILES string of the molecule is OC(Cc1ccc(Br)cc1F)C1CCOCC1. The first-order valence-electron chi connectivity index (χ1n) is 5.86. The third-order valence-corrected chi connectivity index (χ3v) is 3.75. The van der Waals surface area contributed by atoms with E-state index < -0.39 is 6.10 Å². The molecule has 0 saturated carbocycles. The third-order valence-electron chi connectivity index (χ3n) is 3.25. The van der Waals surface area contributed by atoms with E-state index in [1.54, 1.807) is 12.1 Å². The molecule has 1 fully saturated rings. The Balaban J connectivity index is 1.99. The van der Waals surface area contributed by atoms with Crippen LogP contribution in [0.25, 0.3) is 0 Å². The van der Waals surface area contributed by atoms with Gasteiger partial charge in [0.2, 0.25) is 0 Å². The lowest BCUT2D eigenvalue weighted by Gasteiger charge is -2.26. The molecule has 1 aromatic rings. The molecule has 17 heavy (non-hydrogen) atoms. The second kappa shape index (κ2) is 5.94. The fraction of sp³-hybridized carbons (Fsp3) is 0.538. The van der Waals surface area contributed by atoms with Crippen LogP contribution in [-0.4, -0.2) is 24.4 Å². The highest BCUT2D eigenvalue weighted by atomic mass is 79.9. The normalized spacial score (nSPS) is 19.2. The highest BCUT2D eigenvalue weighted by molar-refractivity contribution is 9.10. The average Bonchev–Trinajstić information content (AvgIpc) is 2.34. The Morgan fingerprint density at radius 1 is 1.41 bits per heavy atom. The van der Waals surface area contributed by atoms with Crippen LogP contribution in [0.1, 0.15) is 18.4 Å². The highest BCUT2D eigenvalue weighted by Crippen LogP contribution is 2.23. The molecule has 1 saturated heterocycles. The lowest BCUT2D eigenvalue weighted by atomic mass is 9.90. The van der Waals surface area contributed by atoms with E-state index in [1.165, 1.54) is 6.07 Å². The van der Waals surface area contributed by atoms with Crippen LogP contribution in [0.2, 0.25) is 0 Å². The van der Waals surface area contributed by atoms with E-state index in [1.807, 2.05) is 0 Å². The second-order valence-corrected chi connectivity index (χ2v) is 5.37. The maximum absolute atomic E-state index is 13.6. The minimum absolute atomic E-state index is 0.229. The molecule has 2 nitrogen and oxygen atoms in total. The van der Waals surface area contributed by atoms with Crippen LogP contribution in [0.4, 0.5) is 4.39 Å². The Morgan fingerprint density at radius 3 is 2.76 bits per heavy atom. The van der Waals surface area contributed by atoms with E-state index in [2.05, 4.69) is 15.9 Å². The fourth-order valence-corrected chi connectivity index (χ4v) is 2.51. The number of hydrogen-bond acceptors (Lipinski definition) is 2. The van der Waals surface area contributed by atoms with Crippen LogP contribution in [0.15, 0.2) is 22.7 Å². The van der Waals surface area contributed by atoms with Crippen molar-refractivity contribution in [2.75, 3.05) is 13.2 Å². The van der Waals surface area contributed by atoms with Crippen LogP contribution in [0, 0.1) is 11.7 Å². The van der Waals surface area contributed by atoms with Gasteiger partial charge in [-0.1, -0.05) is 22.0 Å². The van der Waals surface area contributed by atoms with E-state index in [0.29, 0.717) is 25.2 Å². The van der Waals surface area contributed by atoms with Crippen molar-refractivity contribution in [1.82, 2.24) is 0 Å². The van der Waals surface area contributed by atoms with Gasteiger partial charge in [0.1, 0.15) is 5.82 Å². The summed E-state index contributed by atoms with van der Waals surface area (Å²) < 4.78 is 19.6. The van der Waals surface area contributed by atoms with Gasteiger partial charge in [0.05, 0.1) is 6.10 Å². The summed E-state index contributed by atoms with van der Waals surface area (Å²) in [6.45, 7) is 1.40. The highest BCUT2D eigenvalue weighted by Gasteiger charge is 2.23. The van der Waals surface area contributed by atoms with Crippen LogP contribution in [0.5, 0.6) is 0 Å². The van der Waals surface area contributed by atoms with Gasteiger partial charge in [-0.3, -0.25) is 0 Å². The third kappa shape index (κ3) is 3.50. The molecule has 94 valence electrons. The first-order valence-corrected chi connectivity index (χ1v) is 6.66. The number of halogens is 2. The zero-order chi connectivity index (χ0) is 12.3. The molecule has 0 amide bonds. The van der Waals surface area contributed by atoms with Crippen LogP contribution in [-0.2, 0) is 11.2 Å². The number of hydrogen-bond donors (Lipinski definition) is 1. The van der Waals surface area contributed by atoms with Gasteiger partial charge in [0, 0.05) is 24.1 Å². The van der Waals surface area contributed by atoms with Crippen molar-refractivity contribution in [3.8, 4) is 0 Å². The molecule has 2 rings (SSSR count). The Hall–Kier alpha value is -0.450. The lowest BCUT2D eigenvalue weighted by Crippen LogP contribution is -2.29. The van der Waals surface area contributed by atoms with Crippen LogP contribution >= 0.6 is 15.9 Å². The molecule has 1 aliphatic rings. The summed E-state index contributed by atoms with van der Waals surface area (Å²) in [5, 5.41) is 10.1. The van der Waals surface area contributed by atoms with Gasteiger partial charge in [0.15, 0.2) is 0 Å². The summed E-state index contributed by atoms with van der Waals surface area (Å²) in [4.78, 5) is 0. The molecule has 1 aromatic carbocycles. The molecule has 0 bridgehead atoms. The number of rotatable bonds is 3. The number of aliphatic hydroxyl groups excluding tert-OH is 1. The molecule has 1 atom stereocenters. The van der Waals surface area contributed by atoms with Crippen molar-refractivity contribution in [3.05, 3.63) is 34.1 Å². The standard InChI is InChI=1S/C13H16BrFO2/c14-11-2-1-10(12(15)8-11)7-13(16)9-3-5-17-6-4-9/h1-2,8-9,13,16H,3-7H2. The van der Waals surface area contributed by atoms with Gasteiger partial charge >= 0.3 is 0 Å². The van der Waals surface area contributed by atoms with Crippen molar-refractivity contribution in [2.24, 2.45) is 5.92 Å². The topological polar surface area (TPSA) is 29.5 Å². The van der Waals surface area contributed by atoms with Crippen LogP contribution in [0.3, 0.4) is 0 Å². The Bertz CT molecular complexity index is 378. The second-order valence-electron chi connectivity index (χ2n) is 4.46. The largest absolute Gasteiger partial charge is 0.392 e. The molecule has 1 unspecified atom stereocenters. The molecule has 1 heterocycles. The molecular weight excluding hydrogens is 287 g/mol. The number of ether oxygens (including phenoxy) is 1. The summed E-state index contributed by atoms with van der Waals surface area (Å²) in [5.41, 5.74) is 0.576. The lowest BCUT2D eigenvalue weighted by molar-refractivity contribution is 0.00812. The summed E-state index contributed by atoms with van der Waals surface area (Å²) in [6, 6.07) is 4.96. The summed E-state index contributed by atoms with van der Waals surface area (Å²) in [5.74, 6) is -0.0303. The van der Waals surface area contributed by atoms with Crippen molar-refractivity contribution in [2.45, 2.75) is 25.4 Å². The van der Waals surface area contributed by atoms with Crippen molar-refractivity contribution in [1.29, 1.82) is 0 Å². The van der Waals surface area contributed by atoms with Gasteiger partial charge in [0.25, 0.3) is 0 Å². The molecule has 1 N–H and O–H groups in total. The maximum atomic E-state index is 13.6. The van der Waals surface area contributed by atoms with E-state index in [4.69, 9.17) is 4.74 Å². The molecule has 0 radical (unpaired) electrons. The van der Waals surface area contributed by atoms with E-state index in [0.717, 1.165) is 17.3 Å². The van der Waals surface area contributed by atoms with Gasteiger partial charge < -0.3 is 9.84 Å². The van der Waals surface area contributed by atoms with E-state index in [-0.39, 0.29) is 11.7 Å². The summed E-state index contributed by atoms with van der Waals surface area (Å²) in [7, 11) is 0. The van der Waals surface area contributed by atoms with Gasteiger partial charge in [-0.15, -0.1) is 0 Å². The van der Waals surface area contributed by atoms with Gasteiger partial charge in [-0.05, 0) is 36.5 Å². The van der Waals surface area contributed by atoms with Gasteiger partial charge in [-0.25, -0.2) is 4.39 Å². The smallest absolute Gasteiger partial charge is 0.127 e. The van der Waals surface area contributed by atoms with Crippen molar-refractivity contribution < 1.29 is 14.2 Å². The van der Waals surface area contributed by atoms with Crippen molar-refractivity contribution in [3.63, 3.8) is 0 Å². The molecule has 0 spiro atoms. The summed E-state index contributed by atoms with van der Waals surface area (Å²) >= 11 is 3.22. The predicted molar refractivity (Wildman–Crippen MR) is 67.4 cm³/mol. The zero-order valence-electron chi connectivity index (χ0n) is 9.53. The van der Waals surface area contributed by atoms with E-state index in [9.17, 15) is 9.50 Å². The minimum Gasteiger partial charge on any atom is -0.392 e. The predicted octanol–water partition coefficient (Wildman–Crippen LogP) is 2.92. The first kappa shape index (κ1) is 13.0. The monoisotopic (exact) mass is 302 g/mol. The zero-order valence-corrected chi connectivity index (χ0v) is 11.1. The molecular formula is C13H16BrFO2. The first-order chi connectivity index (χ1) is 8.16. The summed E-state index contributed by atoms with van der Waals surface area (Å²) in [6.07, 6.45) is 1.62. The van der Waals surface area contributed by atoms with E-state index >= 15 is 0 Å². The minimum atomic E-state index is -0.477. The van der Waals surface area contributed by atoms with Crippen molar-refractivity contribution >= 4 is 15.9 Å². The number of aliphatic hydroxyl groups is 1.